The van der Waals surface area contributed by atoms with Gasteiger partial charge in [-0.25, -0.2) is 0 Å². The van der Waals surface area contributed by atoms with Gasteiger partial charge < -0.3 is 10.5 Å². The Morgan fingerprint density at radius 2 is 1.95 bits per heavy atom. The van der Waals surface area contributed by atoms with E-state index in [2.05, 4.69) is 43.0 Å². The van der Waals surface area contributed by atoms with Crippen molar-refractivity contribution in [1.29, 1.82) is 0 Å². The van der Waals surface area contributed by atoms with E-state index in [1.54, 1.807) is 7.11 Å². The molecule has 0 aromatic heterocycles. The minimum atomic E-state index is 0.176. The minimum absolute atomic E-state index is 0.176. The van der Waals surface area contributed by atoms with Gasteiger partial charge in [0.15, 0.2) is 0 Å². The zero-order valence-electron chi connectivity index (χ0n) is 13.0. The third kappa shape index (κ3) is 3.81. The van der Waals surface area contributed by atoms with Crippen molar-refractivity contribution in [1.82, 2.24) is 4.90 Å². The molecule has 1 aromatic rings. The molecule has 1 fully saturated rings. The van der Waals surface area contributed by atoms with Gasteiger partial charge in [0.2, 0.25) is 0 Å². The molecule has 3 heteroatoms. The Hall–Kier alpha value is -0.900. The maximum Gasteiger partial charge on any atom is 0.0590 e. The Balaban J connectivity index is 2.22. The second-order valence-electron chi connectivity index (χ2n) is 5.89. The monoisotopic (exact) mass is 276 g/mol. The zero-order valence-corrected chi connectivity index (χ0v) is 13.0. The summed E-state index contributed by atoms with van der Waals surface area (Å²) < 4.78 is 5.29. The molecule has 1 aliphatic carbocycles. The lowest BCUT2D eigenvalue weighted by molar-refractivity contribution is 0.101. The number of benzene rings is 1. The predicted molar refractivity (Wildman–Crippen MR) is 83.8 cm³/mol. The van der Waals surface area contributed by atoms with Gasteiger partial charge in [-0.3, -0.25) is 4.90 Å². The molecular formula is C17H28N2O. The highest BCUT2D eigenvalue weighted by Crippen LogP contribution is 2.36. The minimum Gasteiger partial charge on any atom is -0.383 e. The molecule has 1 aliphatic rings. The van der Waals surface area contributed by atoms with Crippen molar-refractivity contribution in [2.45, 2.75) is 51.2 Å². The SMILES string of the molecule is CCC(N)C(c1ccc(C)cc1)N(CCOC)C1CC1. The molecule has 0 amide bonds. The van der Waals surface area contributed by atoms with E-state index in [-0.39, 0.29) is 6.04 Å². The fourth-order valence-corrected chi connectivity index (χ4v) is 2.82. The first kappa shape index (κ1) is 15.5. The van der Waals surface area contributed by atoms with Crippen LogP contribution in [0.4, 0.5) is 0 Å². The number of nitrogens with two attached hydrogens (primary N) is 1. The van der Waals surface area contributed by atoms with Crippen LogP contribution in [0.25, 0.3) is 0 Å². The fourth-order valence-electron chi connectivity index (χ4n) is 2.82. The van der Waals surface area contributed by atoms with Crippen LogP contribution in [-0.4, -0.2) is 37.2 Å². The van der Waals surface area contributed by atoms with E-state index in [0.29, 0.717) is 12.1 Å². The largest absolute Gasteiger partial charge is 0.383 e. The summed E-state index contributed by atoms with van der Waals surface area (Å²) in [4.78, 5) is 2.56. The van der Waals surface area contributed by atoms with Gasteiger partial charge in [0.05, 0.1) is 12.6 Å². The highest BCUT2D eigenvalue weighted by Gasteiger charge is 2.36. The summed E-state index contributed by atoms with van der Waals surface area (Å²) in [6.07, 6.45) is 3.58. The summed E-state index contributed by atoms with van der Waals surface area (Å²) in [5, 5.41) is 0. The first-order chi connectivity index (χ1) is 9.67. The molecule has 0 heterocycles. The third-order valence-corrected chi connectivity index (χ3v) is 4.22. The van der Waals surface area contributed by atoms with E-state index >= 15 is 0 Å². The third-order valence-electron chi connectivity index (χ3n) is 4.22. The Kier molecular flexibility index (Phi) is 5.58. The van der Waals surface area contributed by atoms with Crippen LogP contribution in [0.5, 0.6) is 0 Å². The molecule has 1 saturated carbocycles. The lowest BCUT2D eigenvalue weighted by Gasteiger charge is -2.36. The summed E-state index contributed by atoms with van der Waals surface area (Å²) >= 11 is 0. The van der Waals surface area contributed by atoms with Crippen LogP contribution >= 0.6 is 0 Å². The molecule has 0 spiro atoms. The van der Waals surface area contributed by atoms with Crippen molar-refractivity contribution in [2.75, 3.05) is 20.3 Å². The normalized spacial score (nSPS) is 18.2. The second-order valence-corrected chi connectivity index (χ2v) is 5.89. The number of ether oxygens (including phenoxy) is 1. The van der Waals surface area contributed by atoms with Crippen LogP contribution in [0.3, 0.4) is 0 Å². The molecule has 3 nitrogen and oxygen atoms in total. The molecule has 112 valence electrons. The van der Waals surface area contributed by atoms with Gasteiger partial charge >= 0.3 is 0 Å². The van der Waals surface area contributed by atoms with Crippen LogP contribution in [0, 0.1) is 6.92 Å². The van der Waals surface area contributed by atoms with Gasteiger partial charge in [0, 0.05) is 25.7 Å². The van der Waals surface area contributed by atoms with Crippen molar-refractivity contribution in [3.63, 3.8) is 0 Å². The molecule has 0 aliphatic heterocycles. The Morgan fingerprint density at radius 3 is 2.45 bits per heavy atom. The van der Waals surface area contributed by atoms with Gasteiger partial charge in [0.25, 0.3) is 0 Å². The number of rotatable bonds is 8. The highest BCUT2D eigenvalue weighted by atomic mass is 16.5. The molecule has 2 unspecified atom stereocenters. The Bertz CT molecular complexity index is 400. The van der Waals surface area contributed by atoms with E-state index in [9.17, 15) is 0 Å². The first-order valence-electron chi connectivity index (χ1n) is 7.74. The molecule has 2 rings (SSSR count). The maximum atomic E-state index is 6.44. The fraction of sp³-hybridized carbons (Fsp3) is 0.647. The van der Waals surface area contributed by atoms with Gasteiger partial charge in [0.1, 0.15) is 0 Å². The number of methoxy groups -OCH3 is 1. The number of aryl methyl sites for hydroxylation is 1. The van der Waals surface area contributed by atoms with Crippen LogP contribution in [-0.2, 0) is 4.74 Å². The highest BCUT2D eigenvalue weighted by molar-refractivity contribution is 5.26. The molecule has 2 N–H and O–H groups in total. The average molecular weight is 276 g/mol. The summed E-state index contributed by atoms with van der Waals surface area (Å²) in [5.74, 6) is 0. The lowest BCUT2D eigenvalue weighted by Crippen LogP contribution is -2.43. The van der Waals surface area contributed by atoms with Crippen molar-refractivity contribution in [3.05, 3.63) is 35.4 Å². The summed E-state index contributed by atoms with van der Waals surface area (Å²) in [6.45, 7) is 6.04. The van der Waals surface area contributed by atoms with Gasteiger partial charge in [-0.05, 0) is 31.7 Å². The second kappa shape index (κ2) is 7.21. The first-order valence-corrected chi connectivity index (χ1v) is 7.74. The van der Waals surface area contributed by atoms with E-state index in [1.165, 1.54) is 24.0 Å². The number of nitrogens with zero attached hydrogens (tertiary/aromatic N) is 1. The van der Waals surface area contributed by atoms with Crippen LogP contribution in [0.15, 0.2) is 24.3 Å². The van der Waals surface area contributed by atoms with Crippen molar-refractivity contribution < 1.29 is 4.74 Å². The Labute approximate surface area is 123 Å². The van der Waals surface area contributed by atoms with E-state index in [0.717, 1.165) is 19.6 Å². The summed E-state index contributed by atoms with van der Waals surface area (Å²) in [5.41, 5.74) is 9.08. The van der Waals surface area contributed by atoms with Crippen molar-refractivity contribution >= 4 is 0 Å². The zero-order chi connectivity index (χ0) is 14.5. The van der Waals surface area contributed by atoms with Crippen LogP contribution in [0.1, 0.15) is 43.4 Å². The molecular weight excluding hydrogens is 248 g/mol. The summed E-state index contributed by atoms with van der Waals surface area (Å²) in [7, 11) is 1.77. The van der Waals surface area contributed by atoms with E-state index in [4.69, 9.17) is 10.5 Å². The predicted octanol–water partition coefficient (Wildman–Crippen LogP) is 2.88. The lowest BCUT2D eigenvalue weighted by atomic mass is 9.95. The standard InChI is InChI=1S/C17H28N2O/c1-4-16(18)17(14-7-5-13(2)6-8-14)19(11-12-20-3)15-9-10-15/h5-8,15-17H,4,9-12,18H2,1-3H3. The maximum absolute atomic E-state index is 6.44. The van der Waals surface area contributed by atoms with Crippen LogP contribution < -0.4 is 5.73 Å². The van der Waals surface area contributed by atoms with Gasteiger partial charge in [-0.1, -0.05) is 36.8 Å². The molecule has 0 bridgehead atoms. The molecule has 0 radical (unpaired) electrons. The molecule has 2 atom stereocenters. The van der Waals surface area contributed by atoms with Crippen molar-refractivity contribution in [3.8, 4) is 0 Å². The number of hydrogen-bond donors (Lipinski definition) is 1. The number of hydrogen-bond acceptors (Lipinski definition) is 3. The topological polar surface area (TPSA) is 38.5 Å². The molecule has 20 heavy (non-hydrogen) atoms. The van der Waals surface area contributed by atoms with Crippen LogP contribution in [0.2, 0.25) is 0 Å². The van der Waals surface area contributed by atoms with Gasteiger partial charge in [-0.15, -0.1) is 0 Å². The molecule has 1 aromatic carbocycles. The molecule has 0 saturated heterocycles. The van der Waals surface area contributed by atoms with Gasteiger partial charge in [-0.2, -0.15) is 0 Å². The van der Waals surface area contributed by atoms with Crippen molar-refractivity contribution in [2.24, 2.45) is 5.73 Å². The average Bonchev–Trinajstić information content (AvgIpc) is 3.28. The van der Waals surface area contributed by atoms with E-state index < -0.39 is 0 Å². The smallest absolute Gasteiger partial charge is 0.0590 e. The quantitative estimate of drug-likeness (QED) is 0.793. The Morgan fingerprint density at radius 1 is 1.30 bits per heavy atom. The summed E-state index contributed by atoms with van der Waals surface area (Å²) in [6, 6.07) is 10.0. The van der Waals surface area contributed by atoms with E-state index in [1.807, 2.05) is 0 Å².